The van der Waals surface area contributed by atoms with Crippen molar-refractivity contribution in [1.29, 1.82) is 0 Å². The van der Waals surface area contributed by atoms with Gasteiger partial charge in [0, 0.05) is 6.42 Å². The van der Waals surface area contributed by atoms with Gasteiger partial charge in [-0.15, -0.1) is 11.6 Å². The maximum atomic E-state index is 11.6. The minimum atomic E-state index is -0.424. The Balaban J connectivity index is 1.68. The van der Waals surface area contributed by atoms with E-state index < -0.39 is 6.29 Å². The molecule has 0 spiro atoms. The van der Waals surface area contributed by atoms with Gasteiger partial charge in [0.05, 0.1) is 6.10 Å². The van der Waals surface area contributed by atoms with Crippen molar-refractivity contribution in [3.05, 3.63) is 0 Å². The molecule has 1 unspecified atom stereocenters. The number of hydrogen-bond acceptors (Lipinski definition) is 3. The van der Waals surface area contributed by atoms with Crippen molar-refractivity contribution in [1.82, 2.24) is 0 Å². The summed E-state index contributed by atoms with van der Waals surface area (Å²) in [7, 11) is 0. The summed E-state index contributed by atoms with van der Waals surface area (Å²) in [4.78, 5) is 11.6. The lowest BCUT2D eigenvalue weighted by atomic mass is 9.49. The third-order valence-electron chi connectivity index (χ3n) is 5.56. The third kappa shape index (κ3) is 3.56. The Bertz CT molecular complexity index is 358. The number of carbonyl (C=O) groups is 1. The van der Waals surface area contributed by atoms with E-state index in [2.05, 4.69) is 0 Å². The second-order valence-corrected chi connectivity index (χ2v) is 8.13. The Kier molecular flexibility index (Phi) is 4.52. The maximum absolute atomic E-state index is 11.6. The van der Waals surface area contributed by atoms with Gasteiger partial charge in [-0.2, -0.15) is 0 Å². The van der Waals surface area contributed by atoms with Crippen LogP contribution in [0.1, 0.15) is 58.8 Å². The zero-order valence-electron chi connectivity index (χ0n) is 13.1. The van der Waals surface area contributed by atoms with Gasteiger partial charge in [0.15, 0.2) is 0 Å². The molecule has 0 saturated heterocycles. The number of alkyl halides is 1. The van der Waals surface area contributed by atoms with Crippen LogP contribution in [0.2, 0.25) is 0 Å². The SMILES string of the molecule is CC(C)OC(CC12CC3CC(CC(C3)C1)C2)OC(=O)CCl. The van der Waals surface area contributed by atoms with E-state index in [0.29, 0.717) is 5.41 Å². The molecule has 0 aliphatic heterocycles. The molecule has 4 bridgehead atoms. The summed E-state index contributed by atoms with van der Waals surface area (Å²) in [5.41, 5.74) is 0.348. The number of carbonyl (C=O) groups excluding carboxylic acids is 1. The van der Waals surface area contributed by atoms with E-state index in [1.807, 2.05) is 13.8 Å². The molecule has 4 fully saturated rings. The monoisotopic (exact) mass is 314 g/mol. The molecule has 0 aromatic carbocycles. The van der Waals surface area contributed by atoms with E-state index >= 15 is 0 Å². The van der Waals surface area contributed by atoms with Gasteiger partial charge in [-0.3, -0.25) is 4.79 Å². The number of hydrogen-bond donors (Lipinski definition) is 0. The summed E-state index contributed by atoms with van der Waals surface area (Å²) < 4.78 is 11.3. The van der Waals surface area contributed by atoms with Gasteiger partial charge in [0.1, 0.15) is 5.88 Å². The van der Waals surface area contributed by atoms with E-state index in [9.17, 15) is 4.79 Å². The fourth-order valence-electron chi connectivity index (χ4n) is 5.49. The number of rotatable bonds is 6. The highest BCUT2D eigenvalue weighted by molar-refractivity contribution is 6.26. The third-order valence-corrected chi connectivity index (χ3v) is 5.78. The summed E-state index contributed by atoms with van der Waals surface area (Å²) in [5.74, 6) is 2.24. The van der Waals surface area contributed by atoms with E-state index in [1.54, 1.807) is 0 Å². The highest BCUT2D eigenvalue weighted by atomic mass is 35.5. The standard InChI is InChI=1S/C17H27ClO3/c1-11(2)20-16(21-15(19)10-18)9-17-6-12-3-13(7-17)5-14(4-12)8-17/h11-14,16H,3-10H2,1-2H3. The minimum Gasteiger partial charge on any atom is -0.435 e. The van der Waals surface area contributed by atoms with Crippen LogP contribution in [0.25, 0.3) is 0 Å². The van der Waals surface area contributed by atoms with Crippen LogP contribution < -0.4 is 0 Å². The van der Waals surface area contributed by atoms with Crippen molar-refractivity contribution in [2.24, 2.45) is 23.2 Å². The molecule has 4 saturated carbocycles. The van der Waals surface area contributed by atoms with Crippen LogP contribution in [-0.2, 0) is 14.3 Å². The molecule has 1 atom stereocenters. The summed E-state index contributed by atoms with van der Waals surface area (Å²) in [6.07, 6.45) is 8.68. The molecular weight excluding hydrogens is 288 g/mol. The second-order valence-electron chi connectivity index (χ2n) is 7.86. The van der Waals surface area contributed by atoms with Crippen LogP contribution in [0.4, 0.5) is 0 Å². The second kappa shape index (κ2) is 6.08. The van der Waals surface area contributed by atoms with Gasteiger partial charge in [-0.05, 0) is 75.5 Å². The fraction of sp³-hybridized carbons (Fsp3) is 0.941. The first kappa shape index (κ1) is 15.6. The summed E-state index contributed by atoms with van der Waals surface area (Å²) >= 11 is 5.58. The number of halogens is 1. The first-order valence-corrected chi connectivity index (χ1v) is 8.92. The lowest BCUT2D eigenvalue weighted by molar-refractivity contribution is -0.201. The Hall–Kier alpha value is -0.280. The van der Waals surface area contributed by atoms with Gasteiger partial charge in [0.2, 0.25) is 6.29 Å². The van der Waals surface area contributed by atoms with Crippen LogP contribution >= 0.6 is 11.6 Å². The molecule has 21 heavy (non-hydrogen) atoms. The smallest absolute Gasteiger partial charge is 0.323 e. The molecule has 0 heterocycles. The molecule has 0 amide bonds. The van der Waals surface area contributed by atoms with Gasteiger partial charge >= 0.3 is 5.97 Å². The molecule has 0 N–H and O–H groups in total. The van der Waals surface area contributed by atoms with Crippen LogP contribution in [0.15, 0.2) is 0 Å². The summed E-state index contributed by atoms with van der Waals surface area (Å²) in [6, 6.07) is 0. The van der Waals surface area contributed by atoms with Gasteiger partial charge in [0.25, 0.3) is 0 Å². The lowest BCUT2D eigenvalue weighted by Gasteiger charge is -2.57. The molecule has 4 rings (SSSR count). The molecule has 120 valence electrons. The first-order valence-electron chi connectivity index (χ1n) is 8.39. The molecule has 4 aliphatic carbocycles. The van der Waals surface area contributed by atoms with Crippen molar-refractivity contribution in [3.63, 3.8) is 0 Å². The lowest BCUT2D eigenvalue weighted by Crippen LogP contribution is -2.48. The molecular formula is C17H27ClO3. The van der Waals surface area contributed by atoms with E-state index in [4.69, 9.17) is 21.1 Å². The maximum Gasteiger partial charge on any atom is 0.323 e. The van der Waals surface area contributed by atoms with Gasteiger partial charge < -0.3 is 9.47 Å². The highest BCUT2D eigenvalue weighted by Crippen LogP contribution is 2.61. The molecule has 3 nitrogen and oxygen atoms in total. The van der Waals surface area contributed by atoms with Crippen molar-refractivity contribution < 1.29 is 14.3 Å². The Morgan fingerprint density at radius 1 is 1.14 bits per heavy atom. The largest absolute Gasteiger partial charge is 0.435 e. The molecule has 4 aliphatic rings. The van der Waals surface area contributed by atoms with Gasteiger partial charge in [-0.1, -0.05) is 0 Å². The predicted octanol–water partition coefficient (Wildman–Crippen LogP) is 4.13. The van der Waals surface area contributed by atoms with Crippen molar-refractivity contribution in [2.75, 3.05) is 5.88 Å². The molecule has 0 aromatic heterocycles. The molecule has 0 aromatic rings. The van der Waals surface area contributed by atoms with Crippen molar-refractivity contribution in [3.8, 4) is 0 Å². The Labute approximate surface area is 132 Å². The van der Waals surface area contributed by atoms with E-state index in [-0.39, 0.29) is 18.0 Å². The van der Waals surface area contributed by atoms with Crippen molar-refractivity contribution in [2.45, 2.75) is 71.2 Å². The average Bonchev–Trinajstić information content (AvgIpc) is 2.35. The van der Waals surface area contributed by atoms with Crippen LogP contribution in [0.3, 0.4) is 0 Å². The van der Waals surface area contributed by atoms with E-state index in [1.165, 1.54) is 38.5 Å². The first-order chi connectivity index (χ1) is 9.98. The minimum absolute atomic E-state index is 0.0621. The predicted molar refractivity (Wildman–Crippen MR) is 82.0 cm³/mol. The zero-order valence-corrected chi connectivity index (χ0v) is 13.9. The summed E-state index contributed by atoms with van der Waals surface area (Å²) in [5, 5.41) is 0. The number of ether oxygens (including phenoxy) is 2. The van der Waals surface area contributed by atoms with Crippen molar-refractivity contribution >= 4 is 17.6 Å². The average molecular weight is 315 g/mol. The Morgan fingerprint density at radius 2 is 1.67 bits per heavy atom. The summed E-state index contributed by atoms with van der Waals surface area (Å²) in [6.45, 7) is 3.97. The molecule has 4 heteroatoms. The van der Waals surface area contributed by atoms with Gasteiger partial charge in [-0.25, -0.2) is 0 Å². The quantitative estimate of drug-likeness (QED) is 0.420. The highest BCUT2D eigenvalue weighted by Gasteiger charge is 2.51. The zero-order chi connectivity index (χ0) is 15.0. The fourth-order valence-corrected chi connectivity index (χ4v) is 5.56. The van der Waals surface area contributed by atoms with Crippen LogP contribution in [0, 0.1) is 23.2 Å². The molecule has 0 radical (unpaired) electrons. The number of esters is 1. The van der Waals surface area contributed by atoms with Crippen LogP contribution in [-0.4, -0.2) is 24.2 Å². The van der Waals surface area contributed by atoms with Crippen LogP contribution in [0.5, 0.6) is 0 Å². The van der Waals surface area contributed by atoms with E-state index in [0.717, 1.165) is 24.2 Å². The topological polar surface area (TPSA) is 35.5 Å². The normalized spacial score (nSPS) is 38.8. The Morgan fingerprint density at radius 3 is 2.10 bits per heavy atom.